The number of carbonyl (C=O) groups excluding carboxylic acids is 1. The molecule has 0 radical (unpaired) electrons. The van der Waals surface area contributed by atoms with E-state index in [0.717, 1.165) is 39.4 Å². The number of hydrogen-bond donors (Lipinski definition) is 0. The number of para-hydroxylation sites is 1. The smallest absolute Gasteiger partial charge is 0.310 e. The van der Waals surface area contributed by atoms with Crippen LogP contribution in [-0.2, 0) is 16.0 Å². The molecule has 2 aromatic rings. The topological polar surface area (TPSA) is 38.7 Å². The van der Waals surface area contributed by atoms with Gasteiger partial charge in [0.15, 0.2) is 0 Å². The number of nitrogens with zero attached hydrogens (tertiary/aromatic N) is 1. The molecule has 0 aliphatic heterocycles. The van der Waals surface area contributed by atoms with Crippen LogP contribution in [0.1, 0.15) is 64.8 Å². The summed E-state index contributed by atoms with van der Waals surface area (Å²) in [6.45, 7) is 10.1. The molecule has 1 aromatic carbocycles. The first-order chi connectivity index (χ1) is 12.1. The quantitative estimate of drug-likeness (QED) is 0.284. The Labute approximate surface area is 211 Å². The minimum Gasteiger partial charge on any atom is -0.462 e. The third-order valence-electron chi connectivity index (χ3n) is 3.36. The molecule has 2 rings (SSSR count). The summed E-state index contributed by atoms with van der Waals surface area (Å²) >= 11 is 3.11. The van der Waals surface area contributed by atoms with Crippen LogP contribution >= 0.6 is 22.7 Å². The fourth-order valence-corrected chi connectivity index (χ4v) is 3.91. The molecule has 0 aliphatic carbocycles. The second-order valence-corrected chi connectivity index (χ2v) is 7.74. The number of benzene rings is 1. The van der Waals surface area contributed by atoms with E-state index in [2.05, 4.69) is 17.3 Å². The van der Waals surface area contributed by atoms with E-state index in [9.17, 15) is 4.79 Å². The molecule has 27 heavy (non-hydrogen) atoms. The van der Waals surface area contributed by atoms with Crippen LogP contribution in [0.3, 0.4) is 0 Å². The number of ether oxygens (including phenoxy) is 1. The van der Waals surface area contributed by atoms with Gasteiger partial charge >= 0.3 is 5.97 Å². The fraction of sp³-hybridized carbons (Fsp3) is 0.524. The summed E-state index contributed by atoms with van der Waals surface area (Å²) in [4.78, 5) is 17.9. The van der Waals surface area contributed by atoms with Crippen LogP contribution in [0.5, 0.6) is 0 Å². The number of rotatable bonds is 7. The van der Waals surface area contributed by atoms with Crippen molar-refractivity contribution in [2.45, 2.75) is 73.8 Å². The van der Waals surface area contributed by atoms with Crippen LogP contribution in [-0.4, -0.2) is 12.1 Å². The Morgan fingerprint density at radius 2 is 1.96 bits per heavy atom. The van der Waals surface area contributed by atoms with E-state index in [1.54, 1.807) is 11.3 Å². The van der Waals surface area contributed by atoms with E-state index in [-0.39, 0.29) is 72.8 Å². The minimum absolute atomic E-state index is 0. The average molecular weight is 568 g/mol. The van der Waals surface area contributed by atoms with Gasteiger partial charge in [-0.15, -0.1) is 0 Å². The van der Waals surface area contributed by atoms with Crippen molar-refractivity contribution in [3.05, 3.63) is 44.1 Å². The van der Waals surface area contributed by atoms with Gasteiger partial charge in [-0.3, -0.25) is 4.79 Å². The Morgan fingerprint density at radius 1 is 1.30 bits per heavy atom. The van der Waals surface area contributed by atoms with Gasteiger partial charge in [0, 0.05) is 56.6 Å². The maximum atomic E-state index is 12.1. The van der Waals surface area contributed by atoms with Crippen molar-refractivity contribution in [2.75, 3.05) is 0 Å². The predicted molar refractivity (Wildman–Crippen MR) is 114 cm³/mol. The van der Waals surface area contributed by atoms with Crippen molar-refractivity contribution in [3.8, 4) is 0 Å². The van der Waals surface area contributed by atoms with Crippen LogP contribution in [0.2, 0.25) is 0 Å². The van der Waals surface area contributed by atoms with Crippen LogP contribution in [0.25, 0.3) is 0 Å². The van der Waals surface area contributed by atoms with Gasteiger partial charge in [0.1, 0.15) is 0 Å². The van der Waals surface area contributed by atoms with Gasteiger partial charge in [-0.05, 0) is 31.9 Å². The second-order valence-electron chi connectivity index (χ2n) is 5.49. The molecule has 0 saturated carbocycles. The van der Waals surface area contributed by atoms with Crippen LogP contribution in [0.15, 0.2) is 29.3 Å². The molecule has 0 N–H and O–H groups in total. The Kier molecular flexibility index (Phi) is 18.4. The molecule has 0 spiro atoms. The SMILES string of the molecule is C.CC.CCCCC(C)OC(=O)Cc1ccccc1N=c1s[c-]c(C)s1.[Yb]. The molecular weight excluding hydrogens is 535 g/mol. The minimum atomic E-state index is -0.186. The van der Waals surface area contributed by atoms with Gasteiger partial charge in [0.05, 0.1) is 12.5 Å². The van der Waals surface area contributed by atoms with Crippen LogP contribution < -0.4 is 3.98 Å². The molecule has 1 heterocycles. The molecule has 0 bridgehead atoms. The van der Waals surface area contributed by atoms with E-state index in [1.165, 1.54) is 11.3 Å². The third-order valence-corrected chi connectivity index (χ3v) is 5.33. The first-order valence-corrected chi connectivity index (χ1v) is 10.5. The van der Waals surface area contributed by atoms with Crippen molar-refractivity contribution in [3.63, 3.8) is 0 Å². The summed E-state index contributed by atoms with van der Waals surface area (Å²) in [5, 5.41) is 3.17. The van der Waals surface area contributed by atoms with Gasteiger partial charge in [-0.2, -0.15) is 5.38 Å². The molecule has 160 valence electrons. The summed E-state index contributed by atoms with van der Waals surface area (Å²) in [5.74, 6) is -0.186. The molecule has 1 aromatic heterocycles. The first kappa shape index (κ1) is 29.3. The molecule has 0 saturated heterocycles. The molecule has 1 atom stereocenters. The number of esters is 1. The van der Waals surface area contributed by atoms with Gasteiger partial charge in [0.2, 0.25) is 0 Å². The normalized spacial score (nSPS) is 11.4. The van der Waals surface area contributed by atoms with Crippen molar-refractivity contribution in [2.24, 2.45) is 4.99 Å². The predicted octanol–water partition coefficient (Wildman–Crippen LogP) is 6.48. The summed E-state index contributed by atoms with van der Waals surface area (Å²) in [5.41, 5.74) is 1.73. The maximum Gasteiger partial charge on any atom is 0.310 e. The van der Waals surface area contributed by atoms with Crippen LogP contribution in [0.4, 0.5) is 5.69 Å². The second kappa shape index (κ2) is 17.0. The Morgan fingerprint density at radius 3 is 2.56 bits per heavy atom. The van der Waals surface area contributed by atoms with Crippen LogP contribution in [0, 0.1) is 59.2 Å². The molecule has 0 fully saturated rings. The third kappa shape index (κ3) is 11.6. The molecule has 0 amide bonds. The van der Waals surface area contributed by atoms with Crippen molar-refractivity contribution in [1.29, 1.82) is 0 Å². The molecule has 1 unspecified atom stereocenters. The maximum absolute atomic E-state index is 12.1. The fourth-order valence-electron chi connectivity index (χ4n) is 2.17. The summed E-state index contributed by atoms with van der Waals surface area (Å²) in [6.07, 6.45) is 3.34. The summed E-state index contributed by atoms with van der Waals surface area (Å²) < 4.78 is 6.43. The Hall–Kier alpha value is 0.0595. The average Bonchev–Trinajstić information content (AvgIpc) is 3.01. The standard InChI is InChI=1S/C18H22NO2S2.C2H6.CH4.Yb/c1-4-5-8-13(2)21-17(20)11-15-9-6-7-10-16(15)19-18-22-12-14(3)23-18;1-2;;/h6-7,9-10,13H,4-5,8,11H2,1-3H3;1-2H3;1H4;/q-1;;;. The van der Waals surface area contributed by atoms with Crippen molar-refractivity contribution >= 4 is 34.3 Å². The number of carbonyl (C=O) groups is 1. The van der Waals surface area contributed by atoms with E-state index in [1.807, 2.05) is 52.0 Å². The van der Waals surface area contributed by atoms with Crippen molar-refractivity contribution < 1.29 is 56.5 Å². The van der Waals surface area contributed by atoms with Gasteiger partial charge in [-0.25, -0.2) is 11.3 Å². The monoisotopic (exact) mass is 568 g/mol. The zero-order valence-electron chi connectivity index (χ0n) is 16.1. The largest absolute Gasteiger partial charge is 0.462 e. The zero-order valence-corrected chi connectivity index (χ0v) is 19.4. The number of aryl methyl sites for hydroxylation is 1. The summed E-state index contributed by atoms with van der Waals surface area (Å²) in [6, 6.07) is 7.74. The van der Waals surface area contributed by atoms with Gasteiger partial charge in [0.25, 0.3) is 0 Å². The molecule has 3 nitrogen and oxygen atoms in total. The van der Waals surface area contributed by atoms with E-state index < -0.39 is 0 Å². The summed E-state index contributed by atoms with van der Waals surface area (Å²) in [7, 11) is 0. The molecular formula is C21H32NO2S2Yb-. The Balaban J connectivity index is 0. The first-order valence-electron chi connectivity index (χ1n) is 8.88. The van der Waals surface area contributed by atoms with E-state index >= 15 is 0 Å². The van der Waals surface area contributed by atoms with E-state index in [4.69, 9.17) is 4.74 Å². The van der Waals surface area contributed by atoms with Crippen molar-refractivity contribution in [1.82, 2.24) is 0 Å². The van der Waals surface area contributed by atoms with Gasteiger partial charge < -0.3 is 21.1 Å². The molecule has 0 aliphatic rings. The number of unbranched alkanes of at least 4 members (excludes halogenated alkanes) is 1. The van der Waals surface area contributed by atoms with E-state index in [0.29, 0.717) is 0 Å². The molecule has 6 heteroatoms. The Bertz CT molecular complexity index is 710. The number of hydrogen-bond acceptors (Lipinski definition) is 5. The zero-order chi connectivity index (χ0) is 18.7. The van der Waals surface area contributed by atoms with Gasteiger partial charge in [-0.1, -0.05) is 64.1 Å².